The van der Waals surface area contributed by atoms with Gasteiger partial charge in [-0.15, -0.1) is 0 Å². The van der Waals surface area contributed by atoms with Crippen molar-refractivity contribution in [3.8, 4) is 0 Å². The lowest BCUT2D eigenvalue weighted by molar-refractivity contribution is 1.07. The summed E-state index contributed by atoms with van der Waals surface area (Å²) in [4.78, 5) is 0. The minimum atomic E-state index is -2.16. The summed E-state index contributed by atoms with van der Waals surface area (Å²) in [5.74, 6) is 0. The highest BCUT2D eigenvalue weighted by Crippen LogP contribution is 1.81. The van der Waals surface area contributed by atoms with Crippen LogP contribution < -0.4 is 0 Å². The van der Waals surface area contributed by atoms with Gasteiger partial charge in [0.2, 0.25) is 0 Å². The zero-order chi connectivity index (χ0) is 5.91. The van der Waals surface area contributed by atoms with Crippen molar-refractivity contribution in [3.63, 3.8) is 0 Å². The van der Waals surface area contributed by atoms with Crippen molar-refractivity contribution in [2.45, 2.75) is 25.9 Å². The number of rotatable bonds is 2. The molecule has 0 saturated carbocycles. The quantitative estimate of drug-likeness (QED) is 0.444. The summed E-state index contributed by atoms with van der Waals surface area (Å²) in [6.45, 7) is 3.77. The van der Waals surface area contributed by atoms with Crippen LogP contribution in [0.15, 0.2) is 0 Å². The summed E-state index contributed by atoms with van der Waals surface area (Å²) >= 11 is 0. The van der Waals surface area contributed by atoms with Gasteiger partial charge in [0, 0.05) is 11.9 Å². The molecule has 0 unspecified atom stereocenters. The molecule has 5 heavy (non-hydrogen) atoms. The Balaban J connectivity index is 3.15. The van der Waals surface area contributed by atoms with E-state index in [-0.39, 0.29) is 0 Å². The summed E-state index contributed by atoms with van der Waals surface area (Å²) in [7, 11) is -2.16. The van der Waals surface area contributed by atoms with Crippen LogP contribution in [0.1, 0.15) is 13.3 Å². The molecule has 0 aromatic rings. The second-order valence-electron chi connectivity index (χ2n) is 1.10. The van der Waals surface area contributed by atoms with Crippen LogP contribution in [0.3, 0.4) is 0 Å². The third kappa shape index (κ3) is 4.22. The summed E-state index contributed by atoms with van der Waals surface area (Å²) in [6, 6.07) is 0.812. The molecule has 32 valence electrons. The van der Waals surface area contributed by atoms with Crippen LogP contribution in [-0.2, 0) is 0 Å². The molecule has 0 heterocycles. The van der Waals surface area contributed by atoms with Crippen LogP contribution in [0.2, 0.25) is 12.6 Å². The van der Waals surface area contributed by atoms with Crippen LogP contribution >= 0.6 is 0 Å². The monoisotopic (exact) mass is 90.1 g/mol. The molecular formula is C4H12Si. The standard InChI is InChI=1S/C4H12Si/c1-3-4-5-2/h3-5H2,1-2H3/i5D2. The summed E-state index contributed by atoms with van der Waals surface area (Å²) in [5, 5.41) is 0. The normalized spacial score (nSPS) is 17.2. The fraction of sp³-hybridized carbons (Fsp3) is 1.00. The van der Waals surface area contributed by atoms with E-state index in [2.05, 4.69) is 0 Å². The Bertz CT molecular complexity index is 48.1. The van der Waals surface area contributed by atoms with Gasteiger partial charge >= 0.3 is 0 Å². The van der Waals surface area contributed by atoms with Gasteiger partial charge < -0.3 is 0 Å². The number of hydrogen-bond acceptors (Lipinski definition) is 0. The molecule has 0 fully saturated rings. The van der Waals surface area contributed by atoms with Gasteiger partial charge in [-0.3, -0.25) is 0 Å². The van der Waals surface area contributed by atoms with Crippen molar-refractivity contribution in [2.75, 3.05) is 0 Å². The van der Waals surface area contributed by atoms with E-state index in [1.54, 1.807) is 6.55 Å². The van der Waals surface area contributed by atoms with E-state index in [1.165, 1.54) is 0 Å². The Morgan fingerprint density at radius 3 is 2.60 bits per heavy atom. The molecule has 0 aliphatic heterocycles. The predicted octanol–water partition coefficient (Wildman–Crippen LogP) is 1.03. The zero-order valence-corrected chi connectivity index (χ0v) is 4.91. The predicted molar refractivity (Wildman–Crippen MR) is 29.5 cm³/mol. The molecule has 0 rings (SSSR count). The third-order valence-electron chi connectivity index (χ3n) is 0.500. The average molecular weight is 90.2 g/mol. The fourth-order valence-corrected chi connectivity index (χ4v) is 0.750. The zero-order valence-electron chi connectivity index (χ0n) is 5.91. The molecule has 0 spiro atoms. The second-order valence-corrected chi connectivity index (χ2v) is 2.31. The lowest BCUT2D eigenvalue weighted by Crippen LogP contribution is -1.73. The maximum Gasteiger partial charge on any atom is 0.0166 e. The van der Waals surface area contributed by atoms with Crippen LogP contribution in [0, 0.1) is 0 Å². The Hall–Kier alpha value is 0.217. The Morgan fingerprint density at radius 2 is 2.60 bits per heavy atom. The molecule has 0 aliphatic carbocycles. The Labute approximate surface area is 38.9 Å². The first-order valence-electron chi connectivity index (χ1n) is 3.06. The minimum absolute atomic E-state index is 0.812. The van der Waals surface area contributed by atoms with Crippen molar-refractivity contribution in [3.05, 3.63) is 0 Å². The van der Waals surface area contributed by atoms with Crippen LogP contribution in [0.5, 0.6) is 0 Å². The molecule has 0 nitrogen and oxygen atoms in total. The van der Waals surface area contributed by atoms with Crippen molar-refractivity contribution < 1.29 is 0 Å². The highest BCUT2D eigenvalue weighted by atomic mass is 28.2. The van der Waals surface area contributed by atoms with E-state index < -0.39 is 9.38 Å². The topological polar surface area (TPSA) is 0 Å². The van der Waals surface area contributed by atoms with E-state index in [0.29, 0.717) is 0 Å². The van der Waals surface area contributed by atoms with Gasteiger partial charge in [0.25, 0.3) is 0 Å². The van der Waals surface area contributed by atoms with Gasteiger partial charge in [0.05, 0.1) is 0 Å². The first kappa shape index (κ1) is 2.40. The lowest BCUT2D eigenvalue weighted by atomic mass is 10.6. The van der Waals surface area contributed by atoms with Gasteiger partial charge in [-0.1, -0.05) is 25.9 Å². The molecule has 0 aromatic heterocycles. The summed E-state index contributed by atoms with van der Waals surface area (Å²) < 4.78 is 14.3. The first-order valence-corrected chi connectivity index (χ1v) is 3.77. The smallest absolute Gasteiger partial charge is 0.0166 e. The van der Waals surface area contributed by atoms with Crippen LogP contribution in [0.4, 0.5) is 0 Å². The van der Waals surface area contributed by atoms with Gasteiger partial charge in [0.15, 0.2) is 0 Å². The van der Waals surface area contributed by atoms with E-state index in [1.807, 2.05) is 6.92 Å². The van der Waals surface area contributed by atoms with Gasteiger partial charge in [0.1, 0.15) is 0 Å². The molecule has 0 radical (unpaired) electrons. The molecule has 0 N–H and O–H groups in total. The lowest BCUT2D eigenvalue weighted by Gasteiger charge is -1.78. The van der Waals surface area contributed by atoms with E-state index >= 15 is 0 Å². The van der Waals surface area contributed by atoms with Gasteiger partial charge in [-0.05, 0) is 0 Å². The minimum Gasteiger partial charge on any atom is -0.0748 e. The van der Waals surface area contributed by atoms with E-state index in [4.69, 9.17) is 2.47 Å². The van der Waals surface area contributed by atoms with E-state index in [0.717, 1.165) is 12.5 Å². The molecule has 0 aliphatic rings. The molecule has 0 saturated heterocycles. The number of hydrogen-bond donors (Lipinski definition) is 0. The summed E-state index contributed by atoms with van der Waals surface area (Å²) in [6.07, 6.45) is 0.996. The Kier molecular flexibility index (Phi) is 2.02. The highest BCUT2D eigenvalue weighted by Gasteiger charge is 1.69. The van der Waals surface area contributed by atoms with Gasteiger partial charge in [-0.2, -0.15) is 0 Å². The maximum absolute atomic E-state index is 7.14. The van der Waals surface area contributed by atoms with Crippen LogP contribution in [-0.4, -0.2) is 11.9 Å². The molecule has 1 heteroatoms. The highest BCUT2D eigenvalue weighted by molar-refractivity contribution is 6.33. The maximum atomic E-state index is 7.14. The molecule has 0 bridgehead atoms. The van der Waals surface area contributed by atoms with Crippen molar-refractivity contribution in [1.82, 2.24) is 0 Å². The van der Waals surface area contributed by atoms with Gasteiger partial charge in [-0.25, -0.2) is 0 Å². The molecule has 0 atom stereocenters. The third-order valence-corrected chi connectivity index (χ3v) is 1.50. The van der Waals surface area contributed by atoms with Crippen molar-refractivity contribution in [2.24, 2.45) is 0 Å². The second kappa shape index (κ2) is 4.22. The fourth-order valence-electron chi connectivity index (χ4n) is 0.250. The Morgan fingerprint density at radius 1 is 2.00 bits per heavy atom. The SMILES string of the molecule is [2H][Si]([2H])(C)CCC. The first-order chi connectivity index (χ1) is 3.06. The molecule has 0 aromatic carbocycles. The average Bonchev–Trinajstić information content (AvgIpc) is 1.30. The molecule has 0 amide bonds. The summed E-state index contributed by atoms with van der Waals surface area (Å²) in [5.41, 5.74) is 0. The van der Waals surface area contributed by atoms with Crippen molar-refractivity contribution >= 4 is 9.38 Å². The molecular weight excluding hydrogens is 76.1 g/mol. The van der Waals surface area contributed by atoms with Crippen LogP contribution in [0.25, 0.3) is 0 Å². The van der Waals surface area contributed by atoms with Crippen molar-refractivity contribution in [1.29, 1.82) is 2.47 Å². The van der Waals surface area contributed by atoms with E-state index in [9.17, 15) is 0 Å². The largest absolute Gasteiger partial charge is 0.0748 e.